The quantitative estimate of drug-likeness (QED) is 0.816. The van der Waals surface area contributed by atoms with Gasteiger partial charge in [-0.25, -0.2) is 4.79 Å². The topological polar surface area (TPSA) is 71.5 Å². The minimum Gasteiger partial charge on any atom is -0.493 e. The number of hydrogen-bond donors (Lipinski definition) is 2. The Morgan fingerprint density at radius 1 is 1.45 bits per heavy atom. The van der Waals surface area contributed by atoms with Gasteiger partial charge >= 0.3 is 12.1 Å². The molecule has 0 unspecified atom stereocenters. The van der Waals surface area contributed by atoms with Gasteiger partial charge in [0.2, 0.25) is 5.88 Å². The van der Waals surface area contributed by atoms with E-state index in [9.17, 15) is 23.1 Å². The standard InChI is InChI=1S/C12H15F3N2O3/c1-3-5-16-9-7(11(19)20-4-2)6-8(10(18)17-9)12(13,14)15/h6H,3-5H2,1-2H3,(H2,16,17,18). The Morgan fingerprint density at radius 2 is 2.10 bits per heavy atom. The summed E-state index contributed by atoms with van der Waals surface area (Å²) in [6, 6.07) is 0.540. The molecule has 1 aromatic rings. The summed E-state index contributed by atoms with van der Waals surface area (Å²) in [7, 11) is 0. The molecule has 0 atom stereocenters. The molecule has 1 aromatic heterocycles. The smallest absolute Gasteiger partial charge is 0.421 e. The van der Waals surface area contributed by atoms with Crippen molar-refractivity contribution in [1.82, 2.24) is 4.98 Å². The molecule has 5 nitrogen and oxygen atoms in total. The van der Waals surface area contributed by atoms with Gasteiger partial charge < -0.3 is 15.2 Å². The first-order valence-corrected chi connectivity index (χ1v) is 6.03. The second-order valence-corrected chi connectivity index (χ2v) is 3.90. The SMILES string of the molecule is CCCNc1nc(O)c(C(F)(F)F)cc1C(=O)OCC. The third-order valence-electron chi connectivity index (χ3n) is 2.35. The van der Waals surface area contributed by atoms with Crippen LogP contribution in [0.3, 0.4) is 0 Å². The zero-order valence-electron chi connectivity index (χ0n) is 11.0. The van der Waals surface area contributed by atoms with Crippen molar-refractivity contribution < 1.29 is 27.8 Å². The second kappa shape index (κ2) is 6.44. The Balaban J connectivity index is 3.30. The van der Waals surface area contributed by atoms with Crippen molar-refractivity contribution in [1.29, 1.82) is 0 Å². The van der Waals surface area contributed by atoms with Gasteiger partial charge in [-0.2, -0.15) is 18.2 Å². The van der Waals surface area contributed by atoms with E-state index in [1.54, 1.807) is 0 Å². The fraction of sp³-hybridized carbons (Fsp3) is 0.500. The van der Waals surface area contributed by atoms with Crippen LogP contribution in [0.5, 0.6) is 5.88 Å². The molecular weight excluding hydrogens is 277 g/mol. The number of halogens is 3. The predicted octanol–water partition coefficient (Wildman–Crippen LogP) is 2.80. The van der Waals surface area contributed by atoms with Gasteiger partial charge in [-0.1, -0.05) is 6.92 Å². The third kappa shape index (κ3) is 3.75. The summed E-state index contributed by atoms with van der Waals surface area (Å²) in [6.07, 6.45) is -4.13. The normalized spacial score (nSPS) is 11.2. The first-order valence-electron chi connectivity index (χ1n) is 6.03. The first-order chi connectivity index (χ1) is 9.31. The lowest BCUT2D eigenvalue weighted by molar-refractivity contribution is -0.139. The molecule has 20 heavy (non-hydrogen) atoms. The Bertz CT molecular complexity index is 490. The molecule has 0 saturated carbocycles. The molecule has 0 aliphatic heterocycles. The van der Waals surface area contributed by atoms with Crippen LogP contribution in [0.2, 0.25) is 0 Å². The highest BCUT2D eigenvalue weighted by molar-refractivity contribution is 5.95. The van der Waals surface area contributed by atoms with Crippen LogP contribution in [0, 0.1) is 0 Å². The predicted molar refractivity (Wildman–Crippen MR) is 65.6 cm³/mol. The molecule has 0 spiro atoms. The molecule has 2 N–H and O–H groups in total. The number of aromatic nitrogens is 1. The molecule has 1 rings (SSSR count). The highest BCUT2D eigenvalue weighted by Crippen LogP contribution is 2.36. The van der Waals surface area contributed by atoms with E-state index in [1.165, 1.54) is 6.92 Å². The summed E-state index contributed by atoms with van der Waals surface area (Å²) < 4.78 is 42.8. The highest BCUT2D eigenvalue weighted by atomic mass is 19.4. The summed E-state index contributed by atoms with van der Waals surface area (Å²) >= 11 is 0. The van der Waals surface area contributed by atoms with Crippen LogP contribution in [0.25, 0.3) is 0 Å². The van der Waals surface area contributed by atoms with Crippen molar-refractivity contribution in [2.45, 2.75) is 26.4 Å². The van der Waals surface area contributed by atoms with E-state index in [0.29, 0.717) is 19.0 Å². The minimum atomic E-state index is -4.80. The number of rotatable bonds is 5. The summed E-state index contributed by atoms with van der Waals surface area (Å²) in [5.41, 5.74) is -1.73. The number of carbonyl (C=O) groups is 1. The van der Waals surface area contributed by atoms with Crippen LogP contribution in [0.15, 0.2) is 6.07 Å². The van der Waals surface area contributed by atoms with Gasteiger partial charge in [0.05, 0.1) is 6.61 Å². The van der Waals surface area contributed by atoms with Gasteiger partial charge in [-0.15, -0.1) is 0 Å². The molecule has 112 valence electrons. The number of pyridine rings is 1. The fourth-order valence-electron chi connectivity index (χ4n) is 1.45. The number of ether oxygens (including phenoxy) is 1. The van der Waals surface area contributed by atoms with E-state index in [0.717, 1.165) is 0 Å². The summed E-state index contributed by atoms with van der Waals surface area (Å²) in [5, 5.41) is 12.0. The van der Waals surface area contributed by atoms with Crippen molar-refractivity contribution in [2.75, 3.05) is 18.5 Å². The molecule has 0 amide bonds. The average Bonchev–Trinajstić information content (AvgIpc) is 2.34. The molecule has 1 heterocycles. The fourth-order valence-corrected chi connectivity index (χ4v) is 1.45. The molecule has 0 saturated heterocycles. The number of aromatic hydroxyl groups is 1. The molecule has 0 aliphatic rings. The number of hydrogen-bond acceptors (Lipinski definition) is 5. The Morgan fingerprint density at radius 3 is 2.60 bits per heavy atom. The van der Waals surface area contributed by atoms with Crippen molar-refractivity contribution in [3.63, 3.8) is 0 Å². The van der Waals surface area contributed by atoms with Gasteiger partial charge in [0.1, 0.15) is 16.9 Å². The van der Waals surface area contributed by atoms with Crippen molar-refractivity contribution in [2.24, 2.45) is 0 Å². The largest absolute Gasteiger partial charge is 0.493 e. The van der Waals surface area contributed by atoms with E-state index >= 15 is 0 Å². The lowest BCUT2D eigenvalue weighted by Gasteiger charge is -2.14. The minimum absolute atomic E-state index is 0.0221. The maximum atomic E-state index is 12.7. The Labute approximate surface area is 113 Å². The number of nitrogens with zero attached hydrogens (tertiary/aromatic N) is 1. The van der Waals surface area contributed by atoms with E-state index in [2.05, 4.69) is 15.0 Å². The van der Waals surface area contributed by atoms with Crippen molar-refractivity contribution >= 4 is 11.8 Å². The number of anilines is 1. The third-order valence-corrected chi connectivity index (χ3v) is 2.35. The van der Waals surface area contributed by atoms with Crippen LogP contribution in [0.4, 0.5) is 19.0 Å². The van der Waals surface area contributed by atoms with E-state index in [4.69, 9.17) is 0 Å². The molecule has 0 radical (unpaired) electrons. The van der Waals surface area contributed by atoms with Crippen LogP contribution in [-0.4, -0.2) is 29.2 Å². The average molecular weight is 292 g/mol. The lowest BCUT2D eigenvalue weighted by atomic mass is 10.1. The van der Waals surface area contributed by atoms with Crippen LogP contribution >= 0.6 is 0 Å². The number of esters is 1. The van der Waals surface area contributed by atoms with Crippen molar-refractivity contribution in [3.8, 4) is 5.88 Å². The summed E-state index contributed by atoms with van der Waals surface area (Å²) in [5.74, 6) is -2.23. The number of alkyl halides is 3. The van der Waals surface area contributed by atoms with Gasteiger partial charge in [0.25, 0.3) is 0 Å². The molecule has 0 bridgehead atoms. The van der Waals surface area contributed by atoms with E-state index < -0.39 is 23.6 Å². The van der Waals surface area contributed by atoms with Crippen molar-refractivity contribution in [3.05, 3.63) is 17.2 Å². The van der Waals surface area contributed by atoms with Gasteiger partial charge in [-0.3, -0.25) is 0 Å². The lowest BCUT2D eigenvalue weighted by Crippen LogP contribution is -2.15. The second-order valence-electron chi connectivity index (χ2n) is 3.90. The van der Waals surface area contributed by atoms with Gasteiger partial charge in [0.15, 0.2) is 0 Å². The first kappa shape index (κ1) is 16.1. The van der Waals surface area contributed by atoms with Gasteiger partial charge in [-0.05, 0) is 19.4 Å². The molecule has 0 aromatic carbocycles. The summed E-state index contributed by atoms with van der Waals surface area (Å²) in [6.45, 7) is 3.79. The van der Waals surface area contributed by atoms with E-state index in [-0.39, 0.29) is 18.0 Å². The molecule has 0 fully saturated rings. The van der Waals surface area contributed by atoms with Gasteiger partial charge in [0, 0.05) is 6.54 Å². The maximum Gasteiger partial charge on any atom is 0.421 e. The zero-order valence-corrected chi connectivity index (χ0v) is 11.0. The molecule has 0 aliphatic carbocycles. The molecule has 8 heteroatoms. The monoisotopic (exact) mass is 292 g/mol. The highest BCUT2D eigenvalue weighted by Gasteiger charge is 2.36. The van der Waals surface area contributed by atoms with Crippen LogP contribution < -0.4 is 5.32 Å². The van der Waals surface area contributed by atoms with E-state index in [1.807, 2.05) is 6.92 Å². The number of nitrogens with one attached hydrogen (secondary N) is 1. The van der Waals surface area contributed by atoms with Crippen LogP contribution in [0.1, 0.15) is 36.2 Å². The van der Waals surface area contributed by atoms with Crippen LogP contribution in [-0.2, 0) is 10.9 Å². The number of carbonyl (C=O) groups excluding carboxylic acids is 1. The summed E-state index contributed by atoms with van der Waals surface area (Å²) in [4.78, 5) is 15.1. The Hall–Kier alpha value is -1.99. The molecular formula is C12H15F3N2O3. The Kier molecular flexibility index (Phi) is 5.18. The zero-order chi connectivity index (χ0) is 15.3. The maximum absolute atomic E-state index is 12.7.